The molecule has 0 N–H and O–H groups in total. The van der Waals surface area contributed by atoms with Crippen molar-refractivity contribution in [1.82, 2.24) is 0 Å². The summed E-state index contributed by atoms with van der Waals surface area (Å²) >= 11 is 0. The zero-order valence-electron chi connectivity index (χ0n) is 19.2. The highest BCUT2D eigenvalue weighted by Gasteiger charge is 2.36. The van der Waals surface area contributed by atoms with Gasteiger partial charge in [-0.25, -0.2) is 0 Å². The van der Waals surface area contributed by atoms with Gasteiger partial charge in [-0.2, -0.15) is 8.42 Å². The van der Waals surface area contributed by atoms with Crippen LogP contribution in [0.25, 0.3) is 0 Å². The highest BCUT2D eigenvalue weighted by atomic mass is 32.2. The molecule has 4 nitrogen and oxygen atoms in total. The van der Waals surface area contributed by atoms with E-state index in [9.17, 15) is 8.42 Å². The number of hydrogen-bond donors (Lipinski definition) is 0. The maximum Gasteiger partial charge on any atom is 0.276 e. The minimum absolute atomic E-state index is 0.0522. The maximum atomic E-state index is 12.5. The van der Waals surface area contributed by atoms with Crippen LogP contribution in [0.1, 0.15) is 49.9 Å². The molecule has 0 aliphatic carbocycles. The number of aliphatic imine (C=N–C) groups is 1. The first-order valence-corrected chi connectivity index (χ1v) is 12.3. The van der Waals surface area contributed by atoms with Crippen LogP contribution in [0.2, 0.25) is 0 Å². The van der Waals surface area contributed by atoms with Gasteiger partial charge in [-0.15, -0.1) is 0 Å². The molecule has 0 radical (unpaired) electrons. The molecule has 1 atom stereocenters. The predicted molar refractivity (Wildman–Crippen MR) is 132 cm³/mol. The van der Waals surface area contributed by atoms with Crippen molar-refractivity contribution in [2.75, 3.05) is 6.61 Å². The average molecular weight is 450 g/mol. The molecule has 0 amide bonds. The molecule has 3 aromatic rings. The fourth-order valence-corrected chi connectivity index (χ4v) is 4.63. The summed E-state index contributed by atoms with van der Waals surface area (Å²) in [7, 11) is -3.70. The second-order valence-corrected chi connectivity index (χ2v) is 10.5. The third-order valence-corrected chi connectivity index (χ3v) is 7.55. The highest BCUT2D eigenvalue weighted by molar-refractivity contribution is 7.87. The molecule has 0 heterocycles. The molecular formula is C27H31NO3S. The lowest BCUT2D eigenvalue weighted by Crippen LogP contribution is -2.31. The fraction of sp³-hybridized carbons (Fsp3) is 0.296. The van der Waals surface area contributed by atoms with Gasteiger partial charge in [0.25, 0.3) is 10.1 Å². The van der Waals surface area contributed by atoms with Gasteiger partial charge in [-0.3, -0.25) is 9.18 Å². The Labute approximate surface area is 192 Å². The molecule has 0 aliphatic rings. The minimum atomic E-state index is -3.70. The smallest absolute Gasteiger partial charge is 0.276 e. The molecule has 5 heteroatoms. The molecule has 0 aromatic heterocycles. The first kappa shape index (κ1) is 23.9. The first-order valence-electron chi connectivity index (χ1n) is 10.9. The molecule has 168 valence electrons. The van der Waals surface area contributed by atoms with Gasteiger partial charge >= 0.3 is 0 Å². The number of rotatable bonds is 9. The summed E-state index contributed by atoms with van der Waals surface area (Å²) in [5.41, 5.74) is 4.96. The Bertz CT molecular complexity index is 1100. The van der Waals surface area contributed by atoms with Gasteiger partial charge in [0, 0.05) is 11.1 Å². The van der Waals surface area contributed by atoms with Crippen molar-refractivity contribution < 1.29 is 12.6 Å². The van der Waals surface area contributed by atoms with Crippen LogP contribution in [0.15, 0.2) is 89.9 Å². The Morgan fingerprint density at radius 2 is 1.38 bits per heavy atom. The van der Waals surface area contributed by atoms with E-state index in [1.54, 1.807) is 20.8 Å². The van der Waals surface area contributed by atoms with Crippen LogP contribution in [0, 0.1) is 0 Å². The van der Waals surface area contributed by atoms with E-state index in [0.717, 1.165) is 28.8 Å². The summed E-state index contributed by atoms with van der Waals surface area (Å²) in [5, 5.41) is 0. The van der Waals surface area contributed by atoms with E-state index in [1.807, 2.05) is 60.7 Å². The Kier molecular flexibility index (Phi) is 7.64. The summed E-state index contributed by atoms with van der Waals surface area (Å²) in [6.45, 7) is 7.25. The zero-order valence-corrected chi connectivity index (χ0v) is 20.0. The second kappa shape index (κ2) is 10.2. The lowest BCUT2D eigenvalue weighted by molar-refractivity contribution is 0.320. The predicted octanol–water partition coefficient (Wildman–Crippen LogP) is 5.76. The molecule has 0 fully saturated rings. The van der Waals surface area contributed by atoms with Crippen LogP contribution in [-0.4, -0.2) is 26.8 Å². The molecule has 0 bridgehead atoms. The number of nitrogens with zero attached hydrogens (tertiary/aromatic N) is 1. The fourth-order valence-electron chi connectivity index (χ4n) is 3.60. The van der Waals surface area contributed by atoms with Crippen molar-refractivity contribution in [3.05, 3.63) is 107 Å². The van der Waals surface area contributed by atoms with Gasteiger partial charge in [-0.1, -0.05) is 84.9 Å². The van der Waals surface area contributed by atoms with E-state index in [0.29, 0.717) is 5.56 Å². The van der Waals surface area contributed by atoms with Crippen molar-refractivity contribution in [1.29, 1.82) is 0 Å². The van der Waals surface area contributed by atoms with Crippen LogP contribution >= 0.6 is 0 Å². The summed E-state index contributed by atoms with van der Waals surface area (Å²) in [4.78, 5) is 5.05. The van der Waals surface area contributed by atoms with E-state index in [4.69, 9.17) is 9.18 Å². The summed E-state index contributed by atoms with van der Waals surface area (Å²) in [5.74, 6) is 0. The molecular weight excluding hydrogens is 418 g/mol. The Morgan fingerprint density at radius 3 is 1.84 bits per heavy atom. The second-order valence-electron chi connectivity index (χ2n) is 8.33. The molecule has 32 heavy (non-hydrogen) atoms. The third kappa shape index (κ3) is 5.53. The molecule has 0 aliphatic heterocycles. The van der Waals surface area contributed by atoms with Gasteiger partial charge < -0.3 is 0 Å². The normalized spacial score (nSPS) is 12.9. The lowest BCUT2D eigenvalue weighted by Gasteiger charge is -2.24. The monoisotopic (exact) mass is 449 g/mol. The van der Waals surface area contributed by atoms with E-state index in [-0.39, 0.29) is 12.6 Å². The molecule has 0 saturated heterocycles. The van der Waals surface area contributed by atoms with Gasteiger partial charge in [-0.05, 0) is 45.2 Å². The van der Waals surface area contributed by atoms with Crippen LogP contribution < -0.4 is 0 Å². The Balaban J connectivity index is 1.83. The minimum Gasteiger partial charge on any atom is -0.281 e. The van der Waals surface area contributed by atoms with Crippen molar-refractivity contribution in [3.63, 3.8) is 0 Å². The van der Waals surface area contributed by atoms with Gasteiger partial charge in [0.05, 0.1) is 18.4 Å². The van der Waals surface area contributed by atoms with Crippen molar-refractivity contribution in [3.8, 4) is 0 Å². The standard InChI is InChI=1S/C27H31NO3S/c1-5-31-32(29,30)27(3,4)25-18-16-22(17-19-25)20-21(2)28-26(23-12-8-6-9-13-23)24-14-10-7-11-15-24/h6-19,21H,5,20H2,1-4H3. The molecule has 3 rings (SSSR count). The largest absolute Gasteiger partial charge is 0.281 e. The van der Waals surface area contributed by atoms with Crippen LogP contribution in [-0.2, 0) is 25.5 Å². The molecule has 3 aromatic carbocycles. The Morgan fingerprint density at radius 1 is 0.875 bits per heavy atom. The van der Waals surface area contributed by atoms with Crippen molar-refractivity contribution >= 4 is 15.8 Å². The van der Waals surface area contributed by atoms with Crippen LogP contribution in [0.4, 0.5) is 0 Å². The summed E-state index contributed by atoms with van der Waals surface area (Å²) in [6, 6.07) is 28.2. The highest BCUT2D eigenvalue weighted by Crippen LogP contribution is 2.31. The Hall–Kier alpha value is -2.76. The van der Waals surface area contributed by atoms with E-state index >= 15 is 0 Å². The number of benzene rings is 3. The lowest BCUT2D eigenvalue weighted by atomic mass is 9.98. The van der Waals surface area contributed by atoms with Gasteiger partial charge in [0.15, 0.2) is 0 Å². The van der Waals surface area contributed by atoms with Crippen LogP contribution in [0.5, 0.6) is 0 Å². The van der Waals surface area contributed by atoms with E-state index in [2.05, 4.69) is 31.2 Å². The number of hydrogen-bond acceptors (Lipinski definition) is 4. The summed E-state index contributed by atoms with van der Waals surface area (Å²) < 4.78 is 28.8. The van der Waals surface area contributed by atoms with Crippen molar-refractivity contribution in [2.45, 2.75) is 44.9 Å². The van der Waals surface area contributed by atoms with E-state index in [1.165, 1.54) is 0 Å². The van der Waals surface area contributed by atoms with Gasteiger partial charge in [0.1, 0.15) is 4.75 Å². The zero-order chi connectivity index (χ0) is 23.2. The quantitative estimate of drug-likeness (QED) is 0.308. The van der Waals surface area contributed by atoms with E-state index < -0.39 is 14.9 Å². The molecule has 0 spiro atoms. The molecule has 0 saturated carbocycles. The molecule has 1 unspecified atom stereocenters. The topological polar surface area (TPSA) is 55.7 Å². The van der Waals surface area contributed by atoms with Crippen molar-refractivity contribution in [2.24, 2.45) is 4.99 Å². The first-order chi connectivity index (χ1) is 15.2. The summed E-state index contributed by atoms with van der Waals surface area (Å²) in [6.07, 6.45) is 0.752. The average Bonchev–Trinajstić information content (AvgIpc) is 2.79. The SMILES string of the molecule is CCOS(=O)(=O)C(C)(C)c1ccc(CC(C)N=C(c2ccccc2)c2ccccc2)cc1. The van der Waals surface area contributed by atoms with Crippen LogP contribution in [0.3, 0.4) is 0 Å². The third-order valence-electron chi connectivity index (χ3n) is 5.52. The van der Waals surface area contributed by atoms with Gasteiger partial charge in [0.2, 0.25) is 0 Å². The maximum absolute atomic E-state index is 12.5.